The summed E-state index contributed by atoms with van der Waals surface area (Å²) >= 11 is 1.35. The van der Waals surface area contributed by atoms with Crippen LogP contribution in [0.4, 0.5) is 0 Å². The Bertz CT molecular complexity index is 1050. The molecule has 180 valence electrons. The van der Waals surface area contributed by atoms with Crippen molar-refractivity contribution in [2.45, 2.75) is 82.0 Å². The topological polar surface area (TPSA) is 85.2 Å². The van der Waals surface area contributed by atoms with E-state index in [-0.39, 0.29) is 35.2 Å². The minimum Gasteiger partial charge on any atom is -0.335 e. The van der Waals surface area contributed by atoms with Crippen molar-refractivity contribution in [2.75, 3.05) is 17.3 Å². The molecule has 7 nitrogen and oxygen atoms in total. The van der Waals surface area contributed by atoms with Gasteiger partial charge in [-0.15, -0.1) is 5.10 Å². The van der Waals surface area contributed by atoms with Crippen molar-refractivity contribution in [3.63, 3.8) is 0 Å². The zero-order valence-corrected chi connectivity index (χ0v) is 21.2. The molecule has 2 heterocycles. The third-order valence-corrected chi connectivity index (χ3v) is 9.44. The number of sulfone groups is 1. The van der Waals surface area contributed by atoms with Crippen molar-refractivity contribution in [3.05, 3.63) is 36.2 Å². The largest absolute Gasteiger partial charge is 0.335 e. The van der Waals surface area contributed by atoms with E-state index in [1.165, 1.54) is 31.0 Å². The van der Waals surface area contributed by atoms with E-state index in [2.05, 4.69) is 0 Å². The average Bonchev–Trinajstić information content (AvgIpc) is 3.42. The second kappa shape index (κ2) is 10.6. The summed E-state index contributed by atoms with van der Waals surface area (Å²) in [5.41, 5.74) is 0.987. The summed E-state index contributed by atoms with van der Waals surface area (Å²) in [5, 5.41) is 5.38. The predicted molar refractivity (Wildman–Crippen MR) is 132 cm³/mol. The first-order valence-corrected chi connectivity index (χ1v) is 14.9. The fourth-order valence-electron chi connectivity index (χ4n) is 4.95. The van der Waals surface area contributed by atoms with Crippen molar-refractivity contribution >= 4 is 27.5 Å². The van der Waals surface area contributed by atoms with Crippen LogP contribution < -0.4 is 0 Å². The number of carbonyl (C=O) groups is 1. The monoisotopic (exact) mass is 490 g/mol. The number of benzene rings is 1. The van der Waals surface area contributed by atoms with Crippen LogP contribution in [0.1, 0.15) is 70.5 Å². The zero-order chi connectivity index (χ0) is 23.4. The molecule has 1 aromatic carbocycles. The highest BCUT2D eigenvalue weighted by Crippen LogP contribution is 2.34. The van der Waals surface area contributed by atoms with Crippen molar-refractivity contribution in [3.8, 4) is 5.69 Å². The fraction of sp³-hybridized carbons (Fsp3) is 0.625. The molecule has 0 unspecified atom stereocenters. The van der Waals surface area contributed by atoms with Gasteiger partial charge in [0.15, 0.2) is 9.84 Å². The van der Waals surface area contributed by atoms with Crippen molar-refractivity contribution in [1.29, 1.82) is 0 Å². The number of aromatic nitrogens is 3. The highest BCUT2D eigenvalue weighted by molar-refractivity contribution is 7.99. The molecule has 2 atom stereocenters. The Morgan fingerprint density at radius 1 is 1.18 bits per heavy atom. The molecular formula is C24H34N4O3S2. The number of amides is 1. The number of carbonyl (C=O) groups excluding carboxylic acids is 1. The number of para-hydroxylation sites is 1. The Labute approximate surface area is 201 Å². The predicted octanol–water partition coefficient (Wildman–Crippen LogP) is 4.22. The molecule has 0 spiro atoms. The first kappa shape index (κ1) is 24.3. The number of thioether (sulfide) groups is 1. The molecule has 2 aliphatic rings. The number of hydrogen-bond acceptors (Lipinski definition) is 6. The highest BCUT2D eigenvalue weighted by Gasteiger charge is 2.36. The van der Waals surface area contributed by atoms with Crippen LogP contribution in [0.25, 0.3) is 5.69 Å². The smallest absolute Gasteiger partial charge is 0.233 e. The molecular weight excluding hydrogens is 456 g/mol. The minimum atomic E-state index is -3.06. The maximum atomic E-state index is 13.2. The van der Waals surface area contributed by atoms with Gasteiger partial charge in [-0.1, -0.05) is 56.1 Å². The summed E-state index contributed by atoms with van der Waals surface area (Å²) in [4.78, 5) is 19.9. The van der Waals surface area contributed by atoms with Crippen LogP contribution in [-0.2, 0) is 14.6 Å². The molecule has 1 aromatic heterocycles. The van der Waals surface area contributed by atoms with E-state index in [4.69, 9.17) is 10.1 Å². The van der Waals surface area contributed by atoms with E-state index in [1.54, 1.807) is 4.90 Å². The van der Waals surface area contributed by atoms with Crippen LogP contribution in [0.5, 0.6) is 0 Å². The molecule has 0 bridgehead atoms. The lowest BCUT2D eigenvalue weighted by molar-refractivity contribution is -0.132. The molecule has 1 amide bonds. The zero-order valence-electron chi connectivity index (χ0n) is 19.5. The average molecular weight is 491 g/mol. The number of nitrogens with zero attached hydrogens (tertiary/aromatic N) is 4. The van der Waals surface area contributed by atoms with Gasteiger partial charge in [0.25, 0.3) is 0 Å². The highest BCUT2D eigenvalue weighted by atomic mass is 32.2. The lowest BCUT2D eigenvalue weighted by Crippen LogP contribution is -2.47. The van der Waals surface area contributed by atoms with Crippen LogP contribution >= 0.6 is 11.8 Å². The summed E-state index contributed by atoms with van der Waals surface area (Å²) in [6, 6.07) is 9.82. The summed E-state index contributed by atoms with van der Waals surface area (Å²) in [5.74, 6) is 1.78. The normalized spacial score (nSPS) is 21.7. The summed E-state index contributed by atoms with van der Waals surface area (Å²) in [7, 11) is -3.06. The second-order valence-electron chi connectivity index (χ2n) is 9.24. The van der Waals surface area contributed by atoms with Crippen molar-refractivity contribution in [2.24, 2.45) is 0 Å². The Hall–Kier alpha value is -1.87. The van der Waals surface area contributed by atoms with E-state index < -0.39 is 9.84 Å². The number of rotatable bonds is 8. The lowest BCUT2D eigenvalue weighted by Gasteiger charge is -2.33. The van der Waals surface area contributed by atoms with Gasteiger partial charge in [-0.3, -0.25) is 4.79 Å². The van der Waals surface area contributed by atoms with Gasteiger partial charge in [0, 0.05) is 18.0 Å². The van der Waals surface area contributed by atoms with E-state index in [9.17, 15) is 13.2 Å². The molecule has 1 aliphatic carbocycles. The van der Waals surface area contributed by atoms with Gasteiger partial charge in [0.2, 0.25) is 11.1 Å². The van der Waals surface area contributed by atoms with Gasteiger partial charge in [-0.2, -0.15) is 0 Å². The molecule has 0 radical (unpaired) electrons. The number of hydrogen-bond donors (Lipinski definition) is 0. The quantitative estimate of drug-likeness (QED) is 0.515. The maximum absolute atomic E-state index is 13.2. The van der Waals surface area contributed by atoms with Gasteiger partial charge in [-0.05, 0) is 44.7 Å². The summed E-state index contributed by atoms with van der Waals surface area (Å²) < 4.78 is 26.0. The molecule has 0 N–H and O–H groups in total. The first-order chi connectivity index (χ1) is 15.9. The molecule has 1 saturated heterocycles. The molecule has 4 rings (SSSR count). The van der Waals surface area contributed by atoms with Crippen LogP contribution in [0.2, 0.25) is 0 Å². The molecule has 2 fully saturated rings. The standard InChI is InChI=1S/C24H34N4O3S2/c1-3-18(2)27(21-14-15-33(30,31)17-21)22(29)16-32-24-25-23(19-10-6-4-7-11-19)28(26-24)20-12-8-5-9-13-20/h5,8-9,12-13,18-19,21H,3-4,6-7,10-11,14-17H2,1-2H3/t18-,21+/m1/s1. The molecule has 33 heavy (non-hydrogen) atoms. The van der Waals surface area contributed by atoms with Gasteiger partial charge >= 0.3 is 0 Å². The van der Waals surface area contributed by atoms with Crippen LogP contribution in [-0.4, -0.2) is 63.3 Å². The SMILES string of the molecule is CC[C@@H](C)N(C(=O)CSc1nc(C2CCCCC2)n(-c2ccccc2)n1)[C@H]1CCS(=O)(=O)C1. The second-order valence-corrected chi connectivity index (χ2v) is 12.4. The van der Waals surface area contributed by atoms with Gasteiger partial charge in [0.1, 0.15) is 5.82 Å². The molecule has 2 aromatic rings. The van der Waals surface area contributed by atoms with Gasteiger partial charge in [0.05, 0.1) is 22.9 Å². The van der Waals surface area contributed by atoms with Gasteiger partial charge in [-0.25, -0.2) is 18.1 Å². The molecule has 1 saturated carbocycles. The third kappa shape index (κ3) is 5.80. The summed E-state index contributed by atoms with van der Waals surface area (Å²) in [6.45, 7) is 4.03. The van der Waals surface area contributed by atoms with Crippen molar-refractivity contribution in [1.82, 2.24) is 19.7 Å². The van der Waals surface area contributed by atoms with Crippen LogP contribution in [0.3, 0.4) is 0 Å². The Balaban J connectivity index is 1.52. The molecule has 9 heteroatoms. The Morgan fingerprint density at radius 3 is 2.55 bits per heavy atom. The first-order valence-electron chi connectivity index (χ1n) is 12.0. The summed E-state index contributed by atoms with van der Waals surface area (Å²) in [6.07, 6.45) is 7.24. The van der Waals surface area contributed by atoms with E-state index >= 15 is 0 Å². The maximum Gasteiger partial charge on any atom is 0.233 e. The Morgan fingerprint density at radius 2 is 1.91 bits per heavy atom. The fourth-order valence-corrected chi connectivity index (χ4v) is 7.36. The van der Waals surface area contributed by atoms with Crippen LogP contribution in [0, 0.1) is 0 Å². The molecule has 1 aliphatic heterocycles. The van der Waals surface area contributed by atoms with E-state index in [0.717, 1.165) is 30.8 Å². The van der Waals surface area contributed by atoms with Gasteiger partial charge < -0.3 is 4.90 Å². The van der Waals surface area contributed by atoms with E-state index in [0.29, 0.717) is 17.5 Å². The Kier molecular flexibility index (Phi) is 7.79. The van der Waals surface area contributed by atoms with E-state index in [1.807, 2.05) is 48.9 Å². The lowest BCUT2D eigenvalue weighted by atomic mass is 9.88. The third-order valence-electron chi connectivity index (χ3n) is 6.86. The van der Waals surface area contributed by atoms with Crippen LogP contribution in [0.15, 0.2) is 35.5 Å². The minimum absolute atomic E-state index is 0.00374. The van der Waals surface area contributed by atoms with Crippen molar-refractivity contribution < 1.29 is 13.2 Å².